The van der Waals surface area contributed by atoms with Crippen LogP contribution in [-0.2, 0) is 20.8 Å². The van der Waals surface area contributed by atoms with Crippen LogP contribution in [0.4, 0.5) is 5.69 Å². The average Bonchev–Trinajstić information content (AvgIpc) is 3.31. The van der Waals surface area contributed by atoms with E-state index in [1.54, 1.807) is 21.6 Å². The molecule has 3 amide bonds. The summed E-state index contributed by atoms with van der Waals surface area (Å²) in [6, 6.07) is 15.7. The van der Waals surface area contributed by atoms with E-state index in [2.05, 4.69) is 0 Å². The molecule has 0 aliphatic carbocycles. The van der Waals surface area contributed by atoms with Crippen molar-refractivity contribution in [1.82, 2.24) is 9.80 Å². The Kier molecular flexibility index (Phi) is 8.13. The number of ether oxygens (including phenoxy) is 1. The zero-order chi connectivity index (χ0) is 31.2. The number of aliphatic hydroxyl groups excluding tert-OH is 1. The van der Waals surface area contributed by atoms with Crippen LogP contribution in [0.3, 0.4) is 0 Å². The third-order valence-corrected chi connectivity index (χ3v) is 11.0. The summed E-state index contributed by atoms with van der Waals surface area (Å²) in [4.78, 5) is 49.2. The van der Waals surface area contributed by atoms with Crippen molar-refractivity contribution in [2.75, 3.05) is 31.2 Å². The molecular weight excluding hydrogens is 574 g/mol. The van der Waals surface area contributed by atoms with Gasteiger partial charge in [-0.05, 0) is 63.9 Å². The second-order valence-electron chi connectivity index (χ2n) is 12.9. The zero-order valence-electron chi connectivity index (χ0n) is 25.8. The van der Waals surface area contributed by atoms with Gasteiger partial charge in [-0.3, -0.25) is 14.4 Å². The van der Waals surface area contributed by atoms with Crippen LogP contribution in [0, 0.1) is 11.8 Å². The van der Waals surface area contributed by atoms with E-state index in [0.717, 1.165) is 17.0 Å². The molecule has 0 saturated carbocycles. The van der Waals surface area contributed by atoms with Crippen molar-refractivity contribution < 1.29 is 24.2 Å². The first-order valence-electron chi connectivity index (χ1n) is 15.5. The Hall–Kier alpha value is -3.56. The van der Waals surface area contributed by atoms with Gasteiger partial charge in [0.2, 0.25) is 17.7 Å². The Morgan fingerprint density at radius 1 is 0.977 bits per heavy atom. The largest absolute Gasteiger partial charge is 0.494 e. The van der Waals surface area contributed by atoms with Crippen molar-refractivity contribution in [3.8, 4) is 5.75 Å². The minimum Gasteiger partial charge on any atom is -0.494 e. The van der Waals surface area contributed by atoms with Crippen LogP contribution in [0.15, 0.2) is 78.9 Å². The lowest BCUT2D eigenvalue weighted by molar-refractivity contribution is -0.148. The molecule has 0 aromatic heterocycles. The molecule has 0 bridgehead atoms. The molecule has 44 heavy (non-hydrogen) atoms. The quantitative estimate of drug-likeness (QED) is 0.472. The van der Waals surface area contributed by atoms with Crippen molar-refractivity contribution in [2.45, 2.75) is 61.7 Å². The van der Waals surface area contributed by atoms with Gasteiger partial charge in [-0.2, -0.15) is 0 Å². The summed E-state index contributed by atoms with van der Waals surface area (Å²) in [5.41, 5.74) is 1.22. The van der Waals surface area contributed by atoms with Gasteiger partial charge in [-0.1, -0.05) is 54.6 Å². The topological polar surface area (TPSA) is 90.4 Å². The maximum Gasteiger partial charge on any atom is 0.247 e. The Labute approximate surface area is 263 Å². The molecule has 9 heteroatoms. The minimum atomic E-state index is -0.949. The van der Waals surface area contributed by atoms with E-state index in [0.29, 0.717) is 26.1 Å². The zero-order valence-corrected chi connectivity index (χ0v) is 26.6. The minimum absolute atomic E-state index is 0.131. The molecular formula is C35H41N3O5S. The standard InChI is InChI=1S/C35H41N3O5S/c1-5-43-26-16-14-24(15-17-26)36-19-9-13-27-28(31(36)40)29-32(41)38(25(22-39)21-23-11-7-6-8-12-23)30-33(42)37(34(2,3)4)20-10-18-35(29,30)44-27/h6-18,25,27-30,39H,5,19-22H2,1-4H3/t25-,27-,28+,29+,30?,35+/m1/s1. The lowest BCUT2D eigenvalue weighted by atomic mass is 9.78. The predicted molar refractivity (Wildman–Crippen MR) is 172 cm³/mol. The number of benzene rings is 2. The summed E-state index contributed by atoms with van der Waals surface area (Å²) in [7, 11) is 0. The highest BCUT2D eigenvalue weighted by atomic mass is 32.2. The monoisotopic (exact) mass is 615 g/mol. The van der Waals surface area contributed by atoms with E-state index < -0.39 is 34.2 Å². The van der Waals surface area contributed by atoms with E-state index in [1.807, 2.05) is 111 Å². The summed E-state index contributed by atoms with van der Waals surface area (Å²) in [5, 5.41) is 10.5. The molecule has 2 saturated heterocycles. The van der Waals surface area contributed by atoms with E-state index in [9.17, 15) is 19.5 Å². The molecule has 6 rings (SSSR count). The second kappa shape index (κ2) is 11.7. The van der Waals surface area contributed by atoms with Crippen LogP contribution in [0.2, 0.25) is 0 Å². The highest BCUT2D eigenvalue weighted by molar-refractivity contribution is 8.02. The third-order valence-electron chi connectivity index (χ3n) is 9.28. The molecule has 2 fully saturated rings. The van der Waals surface area contributed by atoms with Gasteiger partial charge in [0, 0.05) is 29.6 Å². The van der Waals surface area contributed by atoms with E-state index in [-0.39, 0.29) is 29.6 Å². The van der Waals surface area contributed by atoms with Crippen LogP contribution in [0.25, 0.3) is 0 Å². The van der Waals surface area contributed by atoms with Crippen molar-refractivity contribution in [1.29, 1.82) is 0 Å². The molecule has 1 unspecified atom stereocenters. The van der Waals surface area contributed by atoms with Crippen LogP contribution in [0.1, 0.15) is 33.3 Å². The number of hydrogen-bond acceptors (Lipinski definition) is 6. The molecule has 2 aromatic carbocycles. The highest BCUT2D eigenvalue weighted by Gasteiger charge is 2.72. The molecule has 1 spiro atoms. The number of carbonyl (C=O) groups excluding carboxylic acids is 3. The molecule has 1 N–H and O–H groups in total. The number of amides is 3. The van der Waals surface area contributed by atoms with Crippen LogP contribution in [-0.4, -0.2) is 86.6 Å². The number of nitrogens with zero attached hydrogens (tertiary/aromatic N) is 3. The lowest BCUT2D eigenvalue weighted by Crippen LogP contribution is -2.59. The summed E-state index contributed by atoms with van der Waals surface area (Å²) in [6.45, 7) is 8.97. The first kappa shape index (κ1) is 30.5. The fourth-order valence-corrected chi connectivity index (χ4v) is 9.32. The summed E-state index contributed by atoms with van der Waals surface area (Å²) in [6.07, 6.45) is 8.47. The maximum atomic E-state index is 14.8. The van der Waals surface area contributed by atoms with Gasteiger partial charge in [-0.25, -0.2) is 0 Å². The number of hydrogen-bond donors (Lipinski definition) is 1. The number of aliphatic hydroxyl groups is 1. The molecule has 232 valence electrons. The van der Waals surface area contributed by atoms with Crippen molar-refractivity contribution in [3.63, 3.8) is 0 Å². The van der Waals surface area contributed by atoms with E-state index in [1.165, 1.54) is 0 Å². The van der Waals surface area contributed by atoms with Crippen LogP contribution < -0.4 is 9.64 Å². The predicted octanol–water partition coefficient (Wildman–Crippen LogP) is 4.09. The van der Waals surface area contributed by atoms with Crippen molar-refractivity contribution in [2.24, 2.45) is 11.8 Å². The maximum absolute atomic E-state index is 14.8. The second-order valence-corrected chi connectivity index (χ2v) is 14.4. The Bertz CT molecular complexity index is 1470. The van der Waals surface area contributed by atoms with Crippen LogP contribution in [0.5, 0.6) is 5.75 Å². The van der Waals surface area contributed by atoms with E-state index in [4.69, 9.17) is 4.74 Å². The number of likely N-dealkylation sites (tertiary alicyclic amines) is 1. The lowest BCUT2D eigenvalue weighted by Gasteiger charge is -2.42. The number of thioether (sulfide) groups is 1. The van der Waals surface area contributed by atoms with Gasteiger partial charge in [0.15, 0.2) is 0 Å². The molecule has 4 aliphatic heterocycles. The van der Waals surface area contributed by atoms with Gasteiger partial charge < -0.3 is 24.5 Å². The Morgan fingerprint density at radius 2 is 1.70 bits per heavy atom. The SMILES string of the molecule is CCOc1ccc(N2CC=C[C@H]3S[C@]45C=CCN(C(C)(C)C)C(=O)C4N([C@@H](CO)Cc4ccccc4)C(=O)[C@@H]5[C@H]3C2=O)cc1. The van der Waals surface area contributed by atoms with Gasteiger partial charge in [-0.15, -0.1) is 11.8 Å². The summed E-state index contributed by atoms with van der Waals surface area (Å²) in [5.74, 6) is -1.21. The van der Waals surface area contributed by atoms with E-state index >= 15 is 0 Å². The molecule has 2 aromatic rings. The smallest absolute Gasteiger partial charge is 0.247 e. The fourth-order valence-electron chi connectivity index (χ4n) is 7.33. The van der Waals surface area contributed by atoms with Gasteiger partial charge in [0.1, 0.15) is 11.8 Å². The number of carbonyl (C=O) groups is 3. The molecule has 8 nitrogen and oxygen atoms in total. The summed E-state index contributed by atoms with van der Waals surface area (Å²) >= 11 is 1.56. The first-order valence-corrected chi connectivity index (χ1v) is 16.3. The molecule has 6 atom stereocenters. The number of anilines is 1. The van der Waals surface area contributed by atoms with Gasteiger partial charge >= 0.3 is 0 Å². The Balaban J connectivity index is 1.43. The number of fused-ring (bicyclic) bond motifs is 2. The normalized spacial score (nSPS) is 28.8. The third kappa shape index (κ3) is 5.04. The Morgan fingerprint density at radius 3 is 2.36 bits per heavy atom. The highest BCUT2D eigenvalue weighted by Crippen LogP contribution is 2.61. The van der Waals surface area contributed by atoms with Crippen molar-refractivity contribution in [3.05, 3.63) is 84.5 Å². The molecule has 0 radical (unpaired) electrons. The van der Waals surface area contributed by atoms with Crippen LogP contribution >= 0.6 is 11.8 Å². The van der Waals surface area contributed by atoms with Gasteiger partial charge in [0.05, 0.1) is 35.8 Å². The van der Waals surface area contributed by atoms with Gasteiger partial charge in [0.25, 0.3) is 0 Å². The fraction of sp³-hybridized carbons (Fsp3) is 0.457. The number of rotatable bonds is 7. The summed E-state index contributed by atoms with van der Waals surface area (Å²) < 4.78 is 4.66. The van der Waals surface area contributed by atoms with Crippen molar-refractivity contribution >= 4 is 35.2 Å². The molecule has 4 aliphatic rings. The molecule has 4 heterocycles. The average molecular weight is 616 g/mol. The first-order chi connectivity index (χ1) is 21.1.